The maximum Gasteiger partial charge on any atom is 0.261 e. The monoisotopic (exact) mass is 466 g/mol. The topological polar surface area (TPSA) is 104 Å². The minimum atomic E-state index is -3.76. The molecular formula is C23H19ClN4O3S. The molecule has 0 atom stereocenters. The Hall–Kier alpha value is -3.36. The molecule has 1 amide bonds. The summed E-state index contributed by atoms with van der Waals surface area (Å²) in [5.74, 6) is 0.545. The molecule has 9 heteroatoms. The summed E-state index contributed by atoms with van der Waals surface area (Å²) < 4.78 is 27.8. The first-order chi connectivity index (χ1) is 15.4. The Morgan fingerprint density at radius 3 is 2.56 bits per heavy atom. The summed E-state index contributed by atoms with van der Waals surface area (Å²) >= 11 is 5.92. The van der Waals surface area contributed by atoms with Crippen molar-refractivity contribution in [1.82, 2.24) is 9.97 Å². The molecule has 0 spiro atoms. The number of fused-ring (bicyclic) bond motifs is 1. The summed E-state index contributed by atoms with van der Waals surface area (Å²) in [7, 11) is -3.76. The number of nitrogens with zero attached hydrogens (tertiary/aromatic N) is 1. The predicted molar refractivity (Wildman–Crippen MR) is 125 cm³/mol. The number of sulfonamides is 1. The average molecular weight is 467 g/mol. The fraction of sp³-hybridized carbons (Fsp3) is 0.130. The summed E-state index contributed by atoms with van der Waals surface area (Å²) in [6.07, 6.45) is 3.62. The van der Waals surface area contributed by atoms with Crippen LogP contribution in [0.1, 0.15) is 12.8 Å². The summed E-state index contributed by atoms with van der Waals surface area (Å²) in [4.78, 5) is 19.8. The molecule has 0 saturated heterocycles. The van der Waals surface area contributed by atoms with Gasteiger partial charge in [-0.2, -0.15) is 0 Å². The van der Waals surface area contributed by atoms with Crippen LogP contribution in [0.15, 0.2) is 71.8 Å². The molecule has 5 rings (SSSR count). The highest BCUT2D eigenvalue weighted by Crippen LogP contribution is 2.33. The van der Waals surface area contributed by atoms with Crippen molar-refractivity contribution in [2.24, 2.45) is 5.92 Å². The zero-order chi connectivity index (χ0) is 22.3. The van der Waals surface area contributed by atoms with Crippen molar-refractivity contribution in [1.29, 1.82) is 0 Å². The van der Waals surface area contributed by atoms with Crippen molar-refractivity contribution in [3.63, 3.8) is 0 Å². The fourth-order valence-corrected chi connectivity index (χ4v) is 4.84. The number of hydrogen-bond acceptors (Lipinski definition) is 4. The second-order valence-electron chi connectivity index (χ2n) is 7.70. The van der Waals surface area contributed by atoms with E-state index in [2.05, 4.69) is 20.0 Å². The van der Waals surface area contributed by atoms with E-state index in [-0.39, 0.29) is 16.7 Å². The second-order valence-corrected chi connectivity index (χ2v) is 9.82. The van der Waals surface area contributed by atoms with E-state index in [4.69, 9.17) is 11.6 Å². The SMILES string of the molecule is O=C(Nc1cc(-c2ccc(NS(=O)(=O)c3cccc(Cl)c3)cc2)c2cc[nH]c2n1)C1CC1. The van der Waals surface area contributed by atoms with E-state index < -0.39 is 10.0 Å². The van der Waals surface area contributed by atoms with Gasteiger partial charge in [0.15, 0.2) is 0 Å². The third-order valence-corrected chi connectivity index (χ3v) is 6.90. The van der Waals surface area contributed by atoms with Gasteiger partial charge in [0, 0.05) is 28.2 Å². The molecule has 1 saturated carbocycles. The molecule has 7 nitrogen and oxygen atoms in total. The number of hydrogen-bond donors (Lipinski definition) is 3. The highest BCUT2D eigenvalue weighted by molar-refractivity contribution is 7.92. The van der Waals surface area contributed by atoms with Crippen LogP contribution in [0.3, 0.4) is 0 Å². The number of rotatable bonds is 6. The van der Waals surface area contributed by atoms with E-state index >= 15 is 0 Å². The van der Waals surface area contributed by atoms with E-state index in [9.17, 15) is 13.2 Å². The number of halogens is 1. The number of nitrogens with one attached hydrogen (secondary N) is 3. The van der Waals surface area contributed by atoms with Gasteiger partial charge in [0.25, 0.3) is 10.0 Å². The van der Waals surface area contributed by atoms with E-state index in [1.165, 1.54) is 12.1 Å². The Morgan fingerprint density at radius 2 is 1.84 bits per heavy atom. The van der Waals surface area contributed by atoms with Crippen molar-refractivity contribution in [3.8, 4) is 11.1 Å². The lowest BCUT2D eigenvalue weighted by atomic mass is 10.0. The fourth-order valence-electron chi connectivity index (χ4n) is 3.48. The number of H-pyrrole nitrogens is 1. The van der Waals surface area contributed by atoms with Gasteiger partial charge in [-0.1, -0.05) is 29.8 Å². The largest absolute Gasteiger partial charge is 0.346 e. The molecule has 1 aliphatic carbocycles. The summed E-state index contributed by atoms with van der Waals surface area (Å²) in [6, 6.07) is 16.9. The second kappa shape index (κ2) is 7.96. The highest BCUT2D eigenvalue weighted by Gasteiger charge is 2.30. The number of anilines is 2. The van der Waals surface area contributed by atoms with Crippen LogP contribution in [0.2, 0.25) is 5.02 Å². The third kappa shape index (κ3) is 4.19. The number of benzene rings is 2. The minimum absolute atomic E-state index is 0.0138. The van der Waals surface area contributed by atoms with Crippen LogP contribution in [-0.4, -0.2) is 24.3 Å². The molecule has 0 unspecified atom stereocenters. The van der Waals surface area contributed by atoms with Gasteiger partial charge < -0.3 is 10.3 Å². The van der Waals surface area contributed by atoms with E-state index in [1.54, 1.807) is 30.5 Å². The Bertz CT molecular complexity index is 1430. The van der Waals surface area contributed by atoms with Crippen LogP contribution in [0.25, 0.3) is 22.2 Å². The number of aromatic nitrogens is 2. The van der Waals surface area contributed by atoms with Gasteiger partial charge in [-0.15, -0.1) is 0 Å². The molecule has 3 N–H and O–H groups in total. The van der Waals surface area contributed by atoms with Gasteiger partial charge in [-0.3, -0.25) is 9.52 Å². The molecule has 162 valence electrons. The number of carbonyl (C=O) groups is 1. The van der Waals surface area contributed by atoms with Crippen molar-refractivity contribution in [3.05, 3.63) is 71.9 Å². The van der Waals surface area contributed by atoms with Crippen LogP contribution in [0, 0.1) is 5.92 Å². The highest BCUT2D eigenvalue weighted by atomic mass is 35.5. The van der Waals surface area contributed by atoms with Crippen molar-refractivity contribution < 1.29 is 13.2 Å². The van der Waals surface area contributed by atoms with E-state index in [0.29, 0.717) is 22.2 Å². The van der Waals surface area contributed by atoms with Crippen molar-refractivity contribution in [2.45, 2.75) is 17.7 Å². The Balaban J connectivity index is 1.43. The molecule has 0 bridgehead atoms. The van der Waals surface area contributed by atoms with E-state index in [0.717, 1.165) is 29.4 Å². The van der Waals surface area contributed by atoms with Gasteiger partial charge in [0.2, 0.25) is 5.91 Å². The Morgan fingerprint density at radius 1 is 1.06 bits per heavy atom. The first-order valence-electron chi connectivity index (χ1n) is 10.1. The molecule has 4 aromatic rings. The molecule has 2 heterocycles. The molecule has 0 radical (unpaired) electrons. The lowest BCUT2D eigenvalue weighted by molar-refractivity contribution is -0.117. The lowest BCUT2D eigenvalue weighted by Crippen LogP contribution is -2.14. The van der Waals surface area contributed by atoms with Crippen LogP contribution in [0.4, 0.5) is 11.5 Å². The molecule has 0 aliphatic heterocycles. The first kappa shape index (κ1) is 20.5. The standard InChI is InChI=1S/C23H19ClN4O3S/c24-16-2-1-3-18(12-16)32(30,31)28-17-8-6-14(7-9-17)20-13-21(27-23(29)15-4-5-15)26-22-19(20)10-11-25-22/h1-3,6-13,15,28H,4-5H2,(H2,25,26,27,29). The van der Waals surface area contributed by atoms with Crippen LogP contribution in [0.5, 0.6) is 0 Å². The van der Waals surface area contributed by atoms with Crippen LogP contribution < -0.4 is 10.0 Å². The van der Waals surface area contributed by atoms with Gasteiger partial charge in [-0.05, 0) is 66.4 Å². The number of amides is 1. The molecule has 2 aromatic carbocycles. The third-order valence-electron chi connectivity index (χ3n) is 5.28. The summed E-state index contributed by atoms with van der Waals surface area (Å²) in [6.45, 7) is 0. The quantitative estimate of drug-likeness (QED) is 0.370. The average Bonchev–Trinajstić information content (AvgIpc) is 3.52. The van der Waals surface area contributed by atoms with Gasteiger partial charge >= 0.3 is 0 Å². The molecule has 1 fully saturated rings. The summed E-state index contributed by atoms with van der Waals surface area (Å²) in [5, 5.41) is 4.14. The van der Waals surface area contributed by atoms with Crippen LogP contribution in [-0.2, 0) is 14.8 Å². The molecule has 32 heavy (non-hydrogen) atoms. The predicted octanol–water partition coefficient (Wildman–Crippen LogP) is 5.03. The van der Waals surface area contributed by atoms with Gasteiger partial charge in [0.05, 0.1) is 4.90 Å². The van der Waals surface area contributed by atoms with Crippen molar-refractivity contribution in [2.75, 3.05) is 10.0 Å². The zero-order valence-electron chi connectivity index (χ0n) is 16.8. The first-order valence-corrected chi connectivity index (χ1v) is 11.9. The molecular weight excluding hydrogens is 448 g/mol. The normalized spacial score (nSPS) is 13.8. The Kier molecular flexibility index (Phi) is 5.11. The number of pyridine rings is 1. The zero-order valence-corrected chi connectivity index (χ0v) is 18.4. The minimum Gasteiger partial charge on any atom is -0.346 e. The maximum atomic E-state index is 12.6. The molecule has 2 aromatic heterocycles. The van der Waals surface area contributed by atoms with Gasteiger partial charge in [0.1, 0.15) is 11.5 Å². The Labute approximate surface area is 189 Å². The van der Waals surface area contributed by atoms with Crippen molar-refractivity contribution >= 4 is 50.1 Å². The van der Waals surface area contributed by atoms with E-state index in [1.807, 2.05) is 24.3 Å². The van der Waals surface area contributed by atoms with Crippen LogP contribution >= 0.6 is 11.6 Å². The van der Waals surface area contributed by atoms with Gasteiger partial charge in [-0.25, -0.2) is 13.4 Å². The maximum absolute atomic E-state index is 12.6. The molecule has 1 aliphatic rings. The number of carbonyl (C=O) groups excluding carboxylic acids is 1. The summed E-state index contributed by atoms with van der Waals surface area (Å²) in [5.41, 5.74) is 2.84. The lowest BCUT2D eigenvalue weighted by Gasteiger charge is -2.11. The number of aromatic amines is 1. The smallest absolute Gasteiger partial charge is 0.261 e.